The van der Waals surface area contributed by atoms with Crippen molar-refractivity contribution in [2.75, 3.05) is 13.6 Å². The average molecular weight is 295 g/mol. The van der Waals surface area contributed by atoms with Crippen LogP contribution in [0.25, 0.3) is 0 Å². The van der Waals surface area contributed by atoms with E-state index in [0.29, 0.717) is 22.2 Å². The van der Waals surface area contributed by atoms with Gasteiger partial charge in [-0.05, 0) is 31.5 Å². The van der Waals surface area contributed by atoms with E-state index in [1.54, 1.807) is 30.1 Å². The van der Waals surface area contributed by atoms with E-state index in [0.717, 1.165) is 6.42 Å². The minimum atomic E-state index is -0.121. The van der Waals surface area contributed by atoms with Gasteiger partial charge in [-0.2, -0.15) is 0 Å². The van der Waals surface area contributed by atoms with Gasteiger partial charge in [-0.25, -0.2) is 0 Å². The summed E-state index contributed by atoms with van der Waals surface area (Å²) in [5.74, 6) is -0.121. The summed E-state index contributed by atoms with van der Waals surface area (Å²) in [6, 6.07) is 4.85. The first-order valence-electron chi connectivity index (χ1n) is 5.26. The van der Waals surface area contributed by atoms with E-state index in [4.69, 9.17) is 34.8 Å². The Kier molecular flexibility index (Phi) is 5.57. The van der Waals surface area contributed by atoms with Gasteiger partial charge in [0, 0.05) is 24.0 Å². The topological polar surface area (TPSA) is 20.3 Å². The number of amides is 1. The molecular weight excluding hydrogens is 280 g/mol. The highest BCUT2D eigenvalue weighted by atomic mass is 35.5. The molecule has 2 nitrogen and oxygen atoms in total. The zero-order valence-electron chi connectivity index (χ0n) is 9.71. The van der Waals surface area contributed by atoms with Crippen LogP contribution in [0, 0.1) is 0 Å². The summed E-state index contributed by atoms with van der Waals surface area (Å²) < 4.78 is 0. The molecule has 0 fully saturated rings. The van der Waals surface area contributed by atoms with E-state index in [1.165, 1.54) is 0 Å². The molecule has 0 bridgehead atoms. The summed E-state index contributed by atoms with van der Waals surface area (Å²) in [7, 11) is 1.73. The van der Waals surface area contributed by atoms with Crippen LogP contribution in [0.1, 0.15) is 23.7 Å². The second-order valence-corrected chi connectivity index (χ2v) is 5.51. The predicted octanol–water partition coefficient (Wildman–Crippen LogP) is 4.08. The molecule has 1 rings (SSSR count). The van der Waals surface area contributed by atoms with Crippen LogP contribution in [0.4, 0.5) is 0 Å². The van der Waals surface area contributed by atoms with Crippen molar-refractivity contribution < 1.29 is 4.79 Å². The minimum Gasteiger partial charge on any atom is -0.342 e. The third-order valence-electron chi connectivity index (χ3n) is 2.37. The first kappa shape index (κ1) is 14.6. The standard InChI is InChI=1S/C12H14Cl3NO/c1-8(13)5-6-16(2)12(17)10-4-3-9(14)7-11(10)15/h3-4,7-8H,5-6H2,1-2H3. The van der Waals surface area contributed by atoms with Crippen molar-refractivity contribution in [3.63, 3.8) is 0 Å². The van der Waals surface area contributed by atoms with Crippen molar-refractivity contribution >= 4 is 40.7 Å². The van der Waals surface area contributed by atoms with E-state index < -0.39 is 0 Å². The van der Waals surface area contributed by atoms with Gasteiger partial charge in [0.25, 0.3) is 5.91 Å². The second kappa shape index (κ2) is 6.48. The zero-order valence-corrected chi connectivity index (χ0v) is 12.0. The molecule has 5 heteroatoms. The first-order valence-corrected chi connectivity index (χ1v) is 6.45. The number of hydrogen-bond donors (Lipinski definition) is 0. The van der Waals surface area contributed by atoms with Gasteiger partial charge < -0.3 is 4.90 Å². The summed E-state index contributed by atoms with van der Waals surface area (Å²) in [5.41, 5.74) is 0.459. The van der Waals surface area contributed by atoms with E-state index in [-0.39, 0.29) is 11.3 Å². The third-order valence-corrected chi connectivity index (χ3v) is 3.14. The predicted molar refractivity (Wildman–Crippen MR) is 73.4 cm³/mol. The van der Waals surface area contributed by atoms with Crippen LogP contribution in [-0.2, 0) is 0 Å². The highest BCUT2D eigenvalue weighted by Gasteiger charge is 2.15. The maximum Gasteiger partial charge on any atom is 0.255 e. The van der Waals surface area contributed by atoms with Crippen LogP contribution >= 0.6 is 34.8 Å². The van der Waals surface area contributed by atoms with Gasteiger partial charge in [-0.15, -0.1) is 11.6 Å². The number of alkyl halides is 1. The van der Waals surface area contributed by atoms with Crippen molar-refractivity contribution in [1.82, 2.24) is 4.90 Å². The van der Waals surface area contributed by atoms with Crippen LogP contribution in [0.3, 0.4) is 0 Å². The number of carbonyl (C=O) groups is 1. The van der Waals surface area contributed by atoms with Gasteiger partial charge >= 0.3 is 0 Å². The molecule has 0 aromatic heterocycles. The zero-order chi connectivity index (χ0) is 13.0. The number of hydrogen-bond acceptors (Lipinski definition) is 1. The fraction of sp³-hybridized carbons (Fsp3) is 0.417. The summed E-state index contributed by atoms with van der Waals surface area (Å²) in [6.07, 6.45) is 0.745. The molecule has 1 unspecified atom stereocenters. The van der Waals surface area contributed by atoms with Gasteiger partial charge in [0.15, 0.2) is 0 Å². The highest BCUT2D eigenvalue weighted by molar-refractivity contribution is 6.36. The van der Waals surface area contributed by atoms with Gasteiger partial charge in [0.2, 0.25) is 0 Å². The van der Waals surface area contributed by atoms with E-state index in [2.05, 4.69) is 0 Å². The smallest absolute Gasteiger partial charge is 0.255 e. The summed E-state index contributed by atoms with van der Waals surface area (Å²) in [4.78, 5) is 13.6. The van der Waals surface area contributed by atoms with Crippen molar-refractivity contribution in [2.24, 2.45) is 0 Å². The summed E-state index contributed by atoms with van der Waals surface area (Å²) in [5, 5.41) is 0.933. The number of benzene rings is 1. The summed E-state index contributed by atoms with van der Waals surface area (Å²) >= 11 is 17.6. The first-order chi connectivity index (χ1) is 7.91. The lowest BCUT2D eigenvalue weighted by molar-refractivity contribution is 0.0794. The van der Waals surface area contributed by atoms with Gasteiger partial charge in [0.1, 0.15) is 0 Å². The third kappa shape index (κ3) is 4.38. The van der Waals surface area contributed by atoms with Crippen LogP contribution in [-0.4, -0.2) is 29.8 Å². The number of nitrogens with zero attached hydrogens (tertiary/aromatic N) is 1. The van der Waals surface area contributed by atoms with Crippen molar-refractivity contribution in [1.29, 1.82) is 0 Å². The monoisotopic (exact) mass is 293 g/mol. The maximum absolute atomic E-state index is 12.0. The Morgan fingerprint density at radius 2 is 2.06 bits per heavy atom. The lowest BCUT2D eigenvalue weighted by Crippen LogP contribution is -2.29. The average Bonchev–Trinajstić information content (AvgIpc) is 2.25. The molecule has 0 spiro atoms. The number of halogens is 3. The van der Waals surface area contributed by atoms with E-state index in [9.17, 15) is 4.79 Å². The Hall–Kier alpha value is -0.440. The number of carbonyl (C=O) groups excluding carboxylic acids is 1. The molecule has 0 aliphatic rings. The molecule has 1 aromatic carbocycles. The maximum atomic E-state index is 12.0. The van der Waals surface area contributed by atoms with Crippen molar-refractivity contribution in [3.05, 3.63) is 33.8 Å². The summed E-state index contributed by atoms with van der Waals surface area (Å²) in [6.45, 7) is 2.50. The molecular formula is C12H14Cl3NO. The normalized spacial score (nSPS) is 12.3. The molecule has 1 aromatic rings. The fourth-order valence-electron chi connectivity index (χ4n) is 1.34. The second-order valence-electron chi connectivity index (χ2n) is 3.92. The lowest BCUT2D eigenvalue weighted by Gasteiger charge is -2.18. The van der Waals surface area contributed by atoms with Crippen LogP contribution in [0.15, 0.2) is 18.2 Å². The van der Waals surface area contributed by atoms with Gasteiger partial charge in [-0.3, -0.25) is 4.79 Å². The Morgan fingerprint density at radius 1 is 1.41 bits per heavy atom. The highest BCUT2D eigenvalue weighted by Crippen LogP contribution is 2.22. The molecule has 0 aliphatic heterocycles. The molecule has 94 valence electrons. The SMILES string of the molecule is CC(Cl)CCN(C)C(=O)c1ccc(Cl)cc1Cl. The van der Waals surface area contributed by atoms with E-state index >= 15 is 0 Å². The fourth-order valence-corrected chi connectivity index (χ4v) is 1.93. The molecule has 1 amide bonds. The quantitative estimate of drug-likeness (QED) is 0.766. The minimum absolute atomic E-state index is 0.0472. The van der Waals surface area contributed by atoms with Crippen LogP contribution in [0.5, 0.6) is 0 Å². The molecule has 0 heterocycles. The molecule has 0 saturated heterocycles. The Morgan fingerprint density at radius 3 is 2.59 bits per heavy atom. The Bertz CT molecular complexity index is 407. The lowest BCUT2D eigenvalue weighted by atomic mass is 10.2. The molecule has 0 N–H and O–H groups in total. The molecule has 0 radical (unpaired) electrons. The van der Waals surface area contributed by atoms with Crippen LogP contribution < -0.4 is 0 Å². The van der Waals surface area contributed by atoms with Crippen molar-refractivity contribution in [2.45, 2.75) is 18.7 Å². The van der Waals surface area contributed by atoms with Crippen LogP contribution in [0.2, 0.25) is 10.0 Å². The van der Waals surface area contributed by atoms with Crippen molar-refractivity contribution in [3.8, 4) is 0 Å². The largest absolute Gasteiger partial charge is 0.342 e. The van der Waals surface area contributed by atoms with Gasteiger partial charge in [-0.1, -0.05) is 23.2 Å². The van der Waals surface area contributed by atoms with Gasteiger partial charge in [0.05, 0.1) is 10.6 Å². The molecule has 0 saturated carbocycles. The molecule has 17 heavy (non-hydrogen) atoms. The Labute approximate surface area is 116 Å². The Balaban J connectivity index is 2.75. The molecule has 1 atom stereocenters. The van der Waals surface area contributed by atoms with E-state index in [1.807, 2.05) is 6.92 Å². The number of rotatable bonds is 4. The molecule has 0 aliphatic carbocycles.